The summed E-state index contributed by atoms with van der Waals surface area (Å²) in [7, 11) is 2.09. The Kier molecular flexibility index (Phi) is 4.98. The number of thiazole rings is 1. The van der Waals surface area contributed by atoms with Crippen molar-refractivity contribution in [3.63, 3.8) is 0 Å². The van der Waals surface area contributed by atoms with Gasteiger partial charge in [0.1, 0.15) is 11.7 Å². The first-order valence-corrected chi connectivity index (χ1v) is 14.7. The molecule has 0 bridgehead atoms. The molecule has 1 amide bonds. The maximum absolute atomic E-state index is 13.8. The molecule has 4 atom stereocenters. The number of nitrogens with zero attached hydrogens (tertiary/aromatic N) is 3. The molecule has 7 rings (SSSR count). The topological polar surface area (TPSA) is 48.6 Å². The van der Waals surface area contributed by atoms with E-state index in [0.29, 0.717) is 14.9 Å². The number of piperidine rings is 1. The van der Waals surface area contributed by atoms with Crippen LogP contribution in [0, 0.1) is 0 Å². The molecule has 4 unspecified atom stereocenters. The van der Waals surface area contributed by atoms with Crippen molar-refractivity contribution in [1.82, 2.24) is 4.48 Å². The number of benzene rings is 2. The Labute approximate surface area is 228 Å². The first kappa shape index (κ1) is 23.4. The maximum Gasteiger partial charge on any atom is 0.447 e. The largest absolute Gasteiger partial charge is 0.447 e. The molecule has 5 heterocycles. The van der Waals surface area contributed by atoms with Crippen LogP contribution < -0.4 is 14.8 Å². The van der Waals surface area contributed by atoms with Gasteiger partial charge in [0.2, 0.25) is 12.1 Å². The highest BCUT2D eigenvalue weighted by Crippen LogP contribution is 2.70. The Morgan fingerprint density at radius 1 is 1.19 bits per heavy atom. The lowest BCUT2D eigenvalue weighted by molar-refractivity contribution is -0.755. The molecule has 3 fully saturated rings. The zero-order chi connectivity index (χ0) is 25.0. The molecular weight excluding hydrogens is 531 g/mol. The van der Waals surface area contributed by atoms with Crippen LogP contribution in [-0.4, -0.2) is 35.3 Å². The molecule has 0 saturated carbocycles. The van der Waals surface area contributed by atoms with E-state index in [9.17, 15) is 4.79 Å². The molecule has 3 N–H and O–H groups in total. The average Bonchev–Trinajstić information content (AvgIpc) is 3.56. The van der Waals surface area contributed by atoms with Crippen molar-refractivity contribution in [3.8, 4) is 0 Å². The highest BCUT2D eigenvalue weighted by Gasteiger charge is 3.04. The van der Waals surface area contributed by atoms with Crippen LogP contribution in [0.3, 0.4) is 0 Å². The summed E-state index contributed by atoms with van der Waals surface area (Å²) < 4.78 is 4.57. The summed E-state index contributed by atoms with van der Waals surface area (Å²) in [6.45, 7) is 3.95. The number of fused-ring (bicyclic) bond motifs is 5. The quantitative estimate of drug-likeness (QED) is 0.266. The highest BCUT2D eigenvalue weighted by molar-refractivity contribution is 8.03. The first-order valence-electron chi connectivity index (χ1n) is 12.4. The van der Waals surface area contributed by atoms with Gasteiger partial charge in [-0.15, -0.1) is 4.48 Å². The average molecular weight is 560 g/mol. The smallest absolute Gasteiger partial charge is 0.303 e. The van der Waals surface area contributed by atoms with Crippen LogP contribution in [0.1, 0.15) is 31.2 Å². The number of rotatable bonds is 2. The van der Waals surface area contributed by atoms with Crippen LogP contribution in [-0.2, 0) is 11.8 Å². The van der Waals surface area contributed by atoms with E-state index in [1.807, 2.05) is 18.2 Å². The number of hydrogen-bond donors (Lipinski definition) is 1. The van der Waals surface area contributed by atoms with E-state index in [0.717, 1.165) is 47.9 Å². The normalized spacial score (nSPS) is 33.9. The molecule has 9 heteroatoms. The number of quaternary nitrogens is 3. The van der Waals surface area contributed by atoms with Gasteiger partial charge in [0.15, 0.2) is 10.7 Å². The monoisotopic (exact) mass is 558 g/mol. The van der Waals surface area contributed by atoms with Crippen molar-refractivity contribution >= 4 is 74.2 Å². The van der Waals surface area contributed by atoms with Crippen molar-refractivity contribution in [2.75, 3.05) is 13.1 Å². The van der Waals surface area contributed by atoms with Crippen molar-refractivity contribution in [2.45, 2.75) is 42.9 Å². The fourth-order valence-corrected chi connectivity index (χ4v) is 9.82. The van der Waals surface area contributed by atoms with Crippen LogP contribution in [0.15, 0.2) is 58.0 Å². The molecule has 4 aliphatic heterocycles. The predicted octanol–water partition coefficient (Wildman–Crippen LogP) is 5.21. The van der Waals surface area contributed by atoms with Gasteiger partial charge in [0.05, 0.1) is 17.9 Å². The minimum Gasteiger partial charge on any atom is -0.303 e. The molecule has 4 aliphatic rings. The van der Waals surface area contributed by atoms with Crippen molar-refractivity contribution in [3.05, 3.63) is 68.1 Å². The van der Waals surface area contributed by atoms with Crippen molar-refractivity contribution < 1.29 is 19.6 Å². The number of aryl methyl sites for hydroxylation is 1. The third-order valence-electron chi connectivity index (χ3n) is 8.66. The van der Waals surface area contributed by atoms with Crippen LogP contribution in [0.5, 0.6) is 0 Å². The van der Waals surface area contributed by atoms with Crippen LogP contribution in [0.2, 0.25) is 10.0 Å². The number of carbonyl (C=O) groups excluding carboxylic acids is 1. The lowest BCUT2D eigenvalue weighted by Gasteiger charge is -2.40. The molecule has 1 aromatic heterocycles. The van der Waals surface area contributed by atoms with Gasteiger partial charge in [-0.05, 0) is 61.4 Å². The second kappa shape index (κ2) is 7.67. The van der Waals surface area contributed by atoms with E-state index in [-0.39, 0.29) is 6.17 Å². The molecule has 0 aliphatic carbocycles. The summed E-state index contributed by atoms with van der Waals surface area (Å²) in [5, 5.41) is 3.87. The summed E-state index contributed by atoms with van der Waals surface area (Å²) in [5.41, 5.74) is 7.38. The molecule has 0 radical (unpaired) electrons. The second-order valence-electron chi connectivity index (χ2n) is 10.5. The van der Waals surface area contributed by atoms with Crippen LogP contribution in [0.25, 0.3) is 16.3 Å². The number of halogens is 2. The Hall–Kier alpha value is -1.71. The SMILES string of the molecule is CC(=Cc1sc2ccc(Cl)cc2[n+]1C)C=C1Sc2ccc(Cl)cc2[N+]12CCCCC21C(=O)[N+]12CC2[NH3+]. The molecule has 36 heavy (non-hydrogen) atoms. The lowest BCUT2D eigenvalue weighted by Crippen LogP contribution is -2.65. The van der Waals surface area contributed by atoms with Gasteiger partial charge in [0.25, 0.3) is 11.2 Å². The van der Waals surface area contributed by atoms with Gasteiger partial charge in [-0.1, -0.05) is 34.5 Å². The van der Waals surface area contributed by atoms with E-state index in [1.54, 1.807) is 23.1 Å². The summed E-state index contributed by atoms with van der Waals surface area (Å²) in [5.74, 6) is 0.371. The van der Waals surface area contributed by atoms with Gasteiger partial charge in [-0.3, -0.25) is 0 Å². The first-order chi connectivity index (χ1) is 17.2. The molecule has 3 saturated heterocycles. The van der Waals surface area contributed by atoms with E-state index in [2.05, 4.69) is 54.6 Å². The number of amides is 1. The second-order valence-corrected chi connectivity index (χ2v) is 13.5. The summed E-state index contributed by atoms with van der Waals surface area (Å²) in [6.07, 6.45) is 7.82. The Morgan fingerprint density at radius 3 is 2.69 bits per heavy atom. The minimum absolute atomic E-state index is 0.168. The number of hydrogen-bond acceptors (Lipinski definition) is 3. The summed E-state index contributed by atoms with van der Waals surface area (Å²) >= 11 is 16.4. The van der Waals surface area contributed by atoms with E-state index >= 15 is 0 Å². The Morgan fingerprint density at radius 2 is 1.94 bits per heavy atom. The van der Waals surface area contributed by atoms with Gasteiger partial charge in [-0.25, -0.2) is 4.79 Å². The molecule has 2 aromatic carbocycles. The van der Waals surface area contributed by atoms with E-state index in [1.165, 1.54) is 30.9 Å². The number of thioether (sulfide) groups is 1. The van der Waals surface area contributed by atoms with Gasteiger partial charge in [-0.2, -0.15) is 9.05 Å². The van der Waals surface area contributed by atoms with Crippen molar-refractivity contribution in [2.24, 2.45) is 7.05 Å². The molecule has 5 nitrogen and oxygen atoms in total. The molecule has 3 aromatic rings. The molecule has 184 valence electrons. The van der Waals surface area contributed by atoms with E-state index in [4.69, 9.17) is 23.2 Å². The van der Waals surface area contributed by atoms with Gasteiger partial charge < -0.3 is 5.73 Å². The maximum atomic E-state index is 13.8. The third-order valence-corrected chi connectivity index (χ3v) is 11.5. The Bertz CT molecular complexity index is 1560. The zero-order valence-corrected chi connectivity index (χ0v) is 23.4. The summed E-state index contributed by atoms with van der Waals surface area (Å²) in [4.78, 5) is 15.0. The summed E-state index contributed by atoms with van der Waals surface area (Å²) in [6, 6.07) is 12.2. The van der Waals surface area contributed by atoms with Gasteiger partial charge in [0, 0.05) is 34.3 Å². The Balaban J connectivity index is 1.39. The number of allylic oxidation sites excluding steroid dienone is 2. The number of carbonyl (C=O) groups is 1. The zero-order valence-electron chi connectivity index (χ0n) is 20.3. The van der Waals surface area contributed by atoms with Crippen LogP contribution in [0.4, 0.5) is 5.69 Å². The molecule has 3 spiro atoms. The van der Waals surface area contributed by atoms with Gasteiger partial charge >= 0.3 is 11.6 Å². The minimum atomic E-state index is -0.446. The standard InChI is InChI=1S/C27H27Cl2N4OS2/c1-16(11-24-31(2)19-13-17(28)5-7-21(19)35-24)12-25-32(20-14-18(29)6-8-22(20)36-25)10-4-3-9-27(32)26(34)33(27)15-23(33)30/h5-8,11-14,23H,3-4,9-10,15,30H2,1-2H3/q+3/p+1. The van der Waals surface area contributed by atoms with Crippen molar-refractivity contribution in [1.29, 1.82) is 0 Å². The van der Waals surface area contributed by atoms with Crippen LogP contribution >= 0.6 is 46.3 Å². The highest BCUT2D eigenvalue weighted by atomic mass is 35.5. The number of aromatic nitrogens is 1. The molecular formula is C27H28Cl2N4OS2+4. The fraction of sp³-hybridized carbons (Fsp3) is 0.333. The van der Waals surface area contributed by atoms with E-state index < -0.39 is 5.66 Å². The fourth-order valence-electron chi connectivity index (χ4n) is 6.92. The predicted molar refractivity (Wildman–Crippen MR) is 147 cm³/mol. The lowest BCUT2D eigenvalue weighted by atomic mass is 9.96. The third kappa shape index (κ3) is 2.80.